The topological polar surface area (TPSA) is 26.0 Å². The lowest BCUT2D eigenvalue weighted by Crippen LogP contribution is -1.79. The number of allylic oxidation sites excluding steroid dienone is 1. The van der Waals surface area contributed by atoms with Crippen LogP contribution in [0.15, 0.2) is 43.0 Å². The van der Waals surface area contributed by atoms with Crippen LogP contribution in [0, 0.1) is 0 Å². The minimum atomic E-state index is 0.822. The smallest absolute Gasteiger partial charge is 0.0313 e. The van der Waals surface area contributed by atoms with Gasteiger partial charge in [-0.25, -0.2) is 0 Å². The molecule has 0 amide bonds. The Hall–Kier alpha value is -1.24. The molecule has 1 nitrogen and oxygen atoms in total. The summed E-state index contributed by atoms with van der Waals surface area (Å²) < 4.78 is 0. The van der Waals surface area contributed by atoms with E-state index in [1.165, 1.54) is 0 Å². The highest BCUT2D eigenvalue weighted by molar-refractivity contribution is 5.35. The number of rotatable bonds is 1. The summed E-state index contributed by atoms with van der Waals surface area (Å²) in [5, 5.41) is 0. The van der Waals surface area contributed by atoms with Crippen molar-refractivity contribution in [3.05, 3.63) is 43.0 Å². The third-order valence-electron chi connectivity index (χ3n) is 1.09. The summed E-state index contributed by atoms with van der Waals surface area (Å²) in [6, 6.07) is 9.49. The van der Waals surface area contributed by atoms with Crippen LogP contribution in [-0.2, 0) is 0 Å². The minimum absolute atomic E-state index is 0.822. The zero-order chi connectivity index (χ0) is 12.5. The lowest BCUT2D eigenvalue weighted by molar-refractivity contribution is 1.23. The van der Waals surface area contributed by atoms with Crippen molar-refractivity contribution in [2.45, 2.75) is 41.0 Å². The van der Waals surface area contributed by atoms with Crippen molar-refractivity contribution < 1.29 is 0 Å². The molecule has 0 atom stereocenters. The molecule has 1 heteroatoms. The average Bonchev–Trinajstić information content (AvgIpc) is 2.35. The third kappa shape index (κ3) is 24.5. The summed E-state index contributed by atoms with van der Waals surface area (Å²) in [4.78, 5) is 0. The standard InChI is InChI=1S/C6H7N.C4H8.2C2H6/c7-6-4-2-1-3-5-6;1-3-4-2;2*1-2/h1-5H,7H2;3H,1,4H2,2H3;2*1-2H3. The van der Waals surface area contributed by atoms with Crippen LogP contribution in [0.5, 0.6) is 0 Å². The lowest BCUT2D eigenvalue weighted by Gasteiger charge is -1.83. The van der Waals surface area contributed by atoms with Crippen molar-refractivity contribution in [2.75, 3.05) is 5.73 Å². The Morgan fingerprint density at radius 2 is 1.40 bits per heavy atom. The molecule has 0 fully saturated rings. The summed E-state index contributed by atoms with van der Waals surface area (Å²) in [6.45, 7) is 13.5. The highest BCUT2D eigenvalue weighted by atomic mass is 14.5. The number of hydrogen-bond acceptors (Lipinski definition) is 1. The molecule has 1 aromatic rings. The van der Waals surface area contributed by atoms with E-state index < -0.39 is 0 Å². The van der Waals surface area contributed by atoms with Crippen molar-refractivity contribution >= 4 is 5.69 Å². The molecule has 0 aliphatic rings. The molecule has 0 spiro atoms. The predicted molar refractivity (Wildman–Crippen MR) is 74.0 cm³/mol. The molecule has 0 aromatic heterocycles. The molecule has 0 saturated heterocycles. The van der Waals surface area contributed by atoms with Crippen molar-refractivity contribution in [3.8, 4) is 0 Å². The first-order valence-electron chi connectivity index (χ1n) is 5.72. The Labute approximate surface area is 96.0 Å². The van der Waals surface area contributed by atoms with E-state index in [1.54, 1.807) is 0 Å². The van der Waals surface area contributed by atoms with E-state index in [9.17, 15) is 0 Å². The first kappa shape index (κ1) is 19.4. The molecule has 1 aromatic carbocycles. The van der Waals surface area contributed by atoms with E-state index in [-0.39, 0.29) is 0 Å². The molecule has 88 valence electrons. The fraction of sp³-hybridized carbons (Fsp3) is 0.429. The van der Waals surface area contributed by atoms with Gasteiger partial charge in [-0.05, 0) is 18.6 Å². The van der Waals surface area contributed by atoms with Gasteiger partial charge in [0.15, 0.2) is 0 Å². The van der Waals surface area contributed by atoms with Gasteiger partial charge >= 0.3 is 0 Å². The van der Waals surface area contributed by atoms with Crippen LogP contribution in [0.3, 0.4) is 0 Å². The number of anilines is 1. The van der Waals surface area contributed by atoms with E-state index in [0.29, 0.717) is 0 Å². The van der Waals surface area contributed by atoms with Gasteiger partial charge in [-0.3, -0.25) is 0 Å². The van der Waals surface area contributed by atoms with Crippen molar-refractivity contribution in [2.24, 2.45) is 0 Å². The van der Waals surface area contributed by atoms with Crippen LogP contribution in [0.2, 0.25) is 0 Å². The van der Waals surface area contributed by atoms with E-state index in [1.807, 2.05) is 64.1 Å². The molecule has 0 aliphatic heterocycles. The van der Waals surface area contributed by atoms with Gasteiger partial charge in [0.05, 0.1) is 0 Å². The van der Waals surface area contributed by atoms with Crippen molar-refractivity contribution in [3.63, 3.8) is 0 Å². The third-order valence-corrected chi connectivity index (χ3v) is 1.09. The Morgan fingerprint density at radius 3 is 1.53 bits per heavy atom. The van der Waals surface area contributed by atoms with Crippen molar-refractivity contribution in [1.82, 2.24) is 0 Å². The van der Waals surface area contributed by atoms with Gasteiger partial charge in [-0.2, -0.15) is 0 Å². The summed E-state index contributed by atoms with van der Waals surface area (Å²) in [5.41, 5.74) is 6.18. The molecular formula is C14H27N. The normalized spacial score (nSPS) is 6.47. The lowest BCUT2D eigenvalue weighted by atomic mass is 10.3. The monoisotopic (exact) mass is 209 g/mol. The Balaban J connectivity index is -0.000000156. The minimum Gasteiger partial charge on any atom is -0.399 e. The van der Waals surface area contributed by atoms with Crippen LogP contribution in [0.4, 0.5) is 5.69 Å². The second-order valence-electron chi connectivity index (χ2n) is 2.11. The number of benzene rings is 1. The molecule has 0 aliphatic carbocycles. The molecule has 1 rings (SSSR count). The Bertz CT molecular complexity index is 180. The molecule has 0 unspecified atom stereocenters. The SMILES string of the molecule is C=CCC.CC.CC.Nc1ccccc1. The van der Waals surface area contributed by atoms with Gasteiger partial charge in [0.2, 0.25) is 0 Å². The van der Waals surface area contributed by atoms with Gasteiger partial charge in [0, 0.05) is 5.69 Å². The van der Waals surface area contributed by atoms with Gasteiger partial charge in [-0.1, -0.05) is 58.9 Å². The number of nitrogens with two attached hydrogens (primary N) is 1. The molecular weight excluding hydrogens is 182 g/mol. The van der Waals surface area contributed by atoms with Crippen LogP contribution < -0.4 is 5.73 Å². The zero-order valence-electron chi connectivity index (χ0n) is 11.0. The molecule has 2 N–H and O–H groups in total. The van der Waals surface area contributed by atoms with Crippen LogP contribution in [0.1, 0.15) is 41.0 Å². The zero-order valence-corrected chi connectivity index (χ0v) is 11.0. The van der Waals surface area contributed by atoms with Crippen LogP contribution in [-0.4, -0.2) is 0 Å². The van der Waals surface area contributed by atoms with Crippen molar-refractivity contribution in [1.29, 1.82) is 0 Å². The fourth-order valence-corrected chi connectivity index (χ4v) is 0.453. The highest BCUT2D eigenvalue weighted by Gasteiger charge is 1.72. The second kappa shape index (κ2) is 23.0. The summed E-state index contributed by atoms with van der Waals surface area (Å²) in [7, 11) is 0. The Kier molecular flexibility index (Phi) is 29.7. The Morgan fingerprint density at radius 1 is 1.07 bits per heavy atom. The first-order valence-corrected chi connectivity index (χ1v) is 5.72. The maximum absolute atomic E-state index is 5.36. The van der Waals surface area contributed by atoms with Gasteiger partial charge in [0.25, 0.3) is 0 Å². The maximum atomic E-state index is 5.36. The first-order chi connectivity index (χ1) is 7.31. The molecule has 0 saturated carbocycles. The highest BCUT2D eigenvalue weighted by Crippen LogP contribution is 1.95. The number of nitrogen functional groups attached to an aromatic ring is 1. The summed E-state index contributed by atoms with van der Waals surface area (Å²) in [5.74, 6) is 0. The average molecular weight is 209 g/mol. The fourth-order valence-electron chi connectivity index (χ4n) is 0.453. The molecule has 0 bridgehead atoms. The van der Waals surface area contributed by atoms with E-state index in [2.05, 4.69) is 13.5 Å². The molecule has 0 radical (unpaired) electrons. The quantitative estimate of drug-likeness (QED) is 0.516. The second-order valence-corrected chi connectivity index (χ2v) is 2.11. The van der Waals surface area contributed by atoms with Crippen LogP contribution in [0.25, 0.3) is 0 Å². The number of hydrogen-bond donors (Lipinski definition) is 1. The summed E-state index contributed by atoms with van der Waals surface area (Å²) >= 11 is 0. The molecule has 15 heavy (non-hydrogen) atoms. The van der Waals surface area contributed by atoms with Gasteiger partial charge in [-0.15, -0.1) is 6.58 Å². The van der Waals surface area contributed by atoms with E-state index in [0.717, 1.165) is 12.1 Å². The maximum Gasteiger partial charge on any atom is 0.0313 e. The summed E-state index contributed by atoms with van der Waals surface area (Å²) in [6.07, 6.45) is 2.96. The largest absolute Gasteiger partial charge is 0.399 e. The predicted octanol–water partition coefficient (Wildman–Crippen LogP) is 4.90. The van der Waals surface area contributed by atoms with Gasteiger partial charge in [0.1, 0.15) is 0 Å². The number of para-hydroxylation sites is 1. The van der Waals surface area contributed by atoms with E-state index >= 15 is 0 Å². The van der Waals surface area contributed by atoms with Gasteiger partial charge < -0.3 is 5.73 Å². The molecule has 0 heterocycles. The van der Waals surface area contributed by atoms with E-state index in [4.69, 9.17) is 5.73 Å². The van der Waals surface area contributed by atoms with Crippen LogP contribution >= 0.6 is 0 Å².